The minimum Gasteiger partial charge on any atom is -0.267 e. The lowest BCUT2D eigenvalue weighted by molar-refractivity contribution is -0.114. The van der Waals surface area contributed by atoms with Crippen molar-refractivity contribution in [2.75, 3.05) is 5.01 Å². The summed E-state index contributed by atoms with van der Waals surface area (Å²) in [6.07, 6.45) is 1.60. The summed E-state index contributed by atoms with van der Waals surface area (Å²) in [5, 5.41) is 7.08. The molecule has 2 aromatic rings. The highest BCUT2D eigenvalue weighted by Crippen LogP contribution is 2.39. The maximum Gasteiger partial charge on any atom is 0.280 e. The highest BCUT2D eigenvalue weighted by molar-refractivity contribution is 6.44. The first-order valence-corrected chi connectivity index (χ1v) is 8.89. The predicted molar refractivity (Wildman–Crippen MR) is 107 cm³/mol. The molecule has 1 heterocycles. The number of halogens is 5. The number of nitrogens with zero attached hydrogens (tertiary/aromatic N) is 2. The molecule has 8 heteroatoms. The molecule has 128 valence electrons. The van der Waals surface area contributed by atoms with Gasteiger partial charge in [-0.3, -0.25) is 4.79 Å². The van der Waals surface area contributed by atoms with E-state index in [1.807, 2.05) is 0 Å². The Morgan fingerprint density at radius 3 is 2.08 bits per heavy atom. The van der Waals surface area contributed by atoms with Crippen LogP contribution >= 0.6 is 58.0 Å². The van der Waals surface area contributed by atoms with E-state index in [9.17, 15) is 4.79 Å². The summed E-state index contributed by atoms with van der Waals surface area (Å²) >= 11 is 30.6. The van der Waals surface area contributed by atoms with Crippen LogP contribution < -0.4 is 5.01 Å². The van der Waals surface area contributed by atoms with Crippen molar-refractivity contribution in [2.45, 2.75) is 6.92 Å². The molecule has 3 rings (SSSR count). The number of hydrogen-bond donors (Lipinski definition) is 0. The molecule has 0 unspecified atom stereocenters. The number of carbonyl (C=O) groups is 1. The van der Waals surface area contributed by atoms with E-state index in [-0.39, 0.29) is 21.6 Å². The van der Waals surface area contributed by atoms with E-state index >= 15 is 0 Å². The van der Waals surface area contributed by atoms with Gasteiger partial charge in [-0.05, 0) is 37.3 Å². The van der Waals surface area contributed by atoms with Crippen LogP contribution in [-0.2, 0) is 4.79 Å². The van der Waals surface area contributed by atoms with Crippen molar-refractivity contribution in [3.63, 3.8) is 0 Å². The predicted octanol–water partition coefficient (Wildman–Crippen LogP) is 6.76. The Morgan fingerprint density at radius 1 is 0.960 bits per heavy atom. The summed E-state index contributed by atoms with van der Waals surface area (Å²) < 4.78 is 0. The first-order valence-electron chi connectivity index (χ1n) is 7.00. The summed E-state index contributed by atoms with van der Waals surface area (Å²) in [5.74, 6) is -0.389. The van der Waals surface area contributed by atoms with E-state index in [0.29, 0.717) is 31.9 Å². The number of rotatable bonds is 2. The van der Waals surface area contributed by atoms with E-state index in [2.05, 4.69) is 5.10 Å². The van der Waals surface area contributed by atoms with Crippen LogP contribution in [-0.4, -0.2) is 11.6 Å². The average molecular weight is 435 g/mol. The normalized spacial score (nSPS) is 15.9. The number of anilines is 1. The molecule has 0 N–H and O–H groups in total. The van der Waals surface area contributed by atoms with E-state index in [1.165, 1.54) is 12.1 Å². The van der Waals surface area contributed by atoms with Crippen LogP contribution in [0.3, 0.4) is 0 Å². The van der Waals surface area contributed by atoms with Gasteiger partial charge >= 0.3 is 0 Å². The third kappa shape index (κ3) is 3.53. The maximum atomic E-state index is 12.8. The lowest BCUT2D eigenvalue weighted by Gasteiger charge is -2.15. The molecule has 0 saturated carbocycles. The summed E-state index contributed by atoms with van der Waals surface area (Å²) in [5.41, 5.74) is 1.64. The van der Waals surface area contributed by atoms with Crippen LogP contribution in [0.25, 0.3) is 6.08 Å². The Morgan fingerprint density at radius 2 is 1.52 bits per heavy atom. The Kier molecular flexibility index (Phi) is 5.33. The SMILES string of the molecule is CC1=NN(c2c(Cl)cc(Cl)cc2Cl)C(=O)/C1=C\c1c(Cl)cccc1Cl. The average Bonchev–Trinajstić information content (AvgIpc) is 2.77. The molecular formula is C17H9Cl5N2O. The van der Waals surface area contributed by atoms with Gasteiger partial charge in [0.15, 0.2) is 0 Å². The van der Waals surface area contributed by atoms with E-state index < -0.39 is 0 Å². The number of hydrogen-bond acceptors (Lipinski definition) is 2. The zero-order valence-electron chi connectivity index (χ0n) is 12.7. The number of carbonyl (C=O) groups excluding carboxylic acids is 1. The van der Waals surface area contributed by atoms with Crippen LogP contribution in [0.4, 0.5) is 5.69 Å². The van der Waals surface area contributed by atoms with Crippen LogP contribution in [0, 0.1) is 0 Å². The summed E-state index contributed by atoms with van der Waals surface area (Å²) in [7, 11) is 0. The summed E-state index contributed by atoms with van der Waals surface area (Å²) in [4.78, 5) is 12.8. The molecule has 3 nitrogen and oxygen atoms in total. The number of amides is 1. The van der Waals surface area contributed by atoms with E-state index in [1.54, 1.807) is 31.2 Å². The highest BCUT2D eigenvalue weighted by Gasteiger charge is 2.32. The van der Waals surface area contributed by atoms with Gasteiger partial charge in [0.05, 0.1) is 21.3 Å². The van der Waals surface area contributed by atoms with Crippen molar-refractivity contribution in [2.24, 2.45) is 5.10 Å². The standard InChI is InChI=1S/C17H9Cl5N2O/c1-8-10(7-11-12(19)3-2-4-13(11)20)17(25)24(23-8)16-14(21)5-9(18)6-15(16)22/h2-7H,1H3/b10-7-. The molecule has 0 saturated heterocycles. The summed E-state index contributed by atoms with van der Waals surface area (Å²) in [6, 6.07) is 8.10. The molecule has 1 aliphatic rings. The third-order valence-electron chi connectivity index (χ3n) is 3.54. The second-order valence-corrected chi connectivity index (χ2v) is 7.28. The molecule has 0 aliphatic carbocycles. The molecule has 0 aromatic heterocycles. The molecule has 1 aliphatic heterocycles. The van der Waals surface area contributed by atoms with E-state index in [4.69, 9.17) is 58.0 Å². The second-order valence-electron chi connectivity index (χ2n) is 5.21. The van der Waals surface area contributed by atoms with Gasteiger partial charge in [0.1, 0.15) is 5.69 Å². The minimum absolute atomic E-state index is 0.222. The van der Waals surface area contributed by atoms with Crippen LogP contribution in [0.15, 0.2) is 41.0 Å². The number of benzene rings is 2. The molecule has 0 radical (unpaired) electrons. The van der Waals surface area contributed by atoms with Gasteiger partial charge < -0.3 is 0 Å². The molecule has 2 aromatic carbocycles. The molecule has 1 amide bonds. The topological polar surface area (TPSA) is 32.7 Å². The molecule has 0 fully saturated rings. The molecule has 25 heavy (non-hydrogen) atoms. The monoisotopic (exact) mass is 432 g/mol. The third-order valence-corrected chi connectivity index (χ3v) is 5.00. The van der Waals surface area contributed by atoms with Crippen LogP contribution in [0.1, 0.15) is 12.5 Å². The Bertz CT molecular complexity index is 909. The zero-order chi connectivity index (χ0) is 18.3. The number of hydrazone groups is 1. The highest BCUT2D eigenvalue weighted by atomic mass is 35.5. The fourth-order valence-electron chi connectivity index (χ4n) is 2.37. The van der Waals surface area contributed by atoms with Gasteiger partial charge in [0, 0.05) is 20.6 Å². The van der Waals surface area contributed by atoms with Crippen molar-refractivity contribution in [3.05, 3.63) is 66.6 Å². The van der Waals surface area contributed by atoms with Crippen molar-refractivity contribution in [1.82, 2.24) is 0 Å². The molecule has 0 bridgehead atoms. The minimum atomic E-state index is -0.389. The van der Waals surface area contributed by atoms with Crippen LogP contribution in [0.5, 0.6) is 0 Å². The maximum absolute atomic E-state index is 12.8. The first-order chi connectivity index (χ1) is 11.8. The molecular weight excluding hydrogens is 425 g/mol. The van der Waals surface area contributed by atoms with Crippen molar-refractivity contribution >= 4 is 81.4 Å². The fourth-order valence-corrected chi connectivity index (χ4v) is 3.85. The Labute approximate surface area is 169 Å². The smallest absolute Gasteiger partial charge is 0.267 e. The van der Waals surface area contributed by atoms with Crippen molar-refractivity contribution in [1.29, 1.82) is 0 Å². The quantitative estimate of drug-likeness (QED) is 0.481. The van der Waals surface area contributed by atoms with Gasteiger partial charge in [0.2, 0.25) is 0 Å². The van der Waals surface area contributed by atoms with Gasteiger partial charge in [-0.2, -0.15) is 10.1 Å². The van der Waals surface area contributed by atoms with Crippen molar-refractivity contribution in [3.8, 4) is 0 Å². The van der Waals surface area contributed by atoms with Gasteiger partial charge in [-0.15, -0.1) is 0 Å². The second kappa shape index (κ2) is 7.18. The molecule has 0 spiro atoms. The van der Waals surface area contributed by atoms with Gasteiger partial charge in [0.25, 0.3) is 5.91 Å². The zero-order valence-corrected chi connectivity index (χ0v) is 16.4. The van der Waals surface area contributed by atoms with Crippen molar-refractivity contribution < 1.29 is 4.79 Å². The first kappa shape index (κ1) is 18.6. The van der Waals surface area contributed by atoms with Gasteiger partial charge in [-0.25, -0.2) is 0 Å². The molecule has 0 atom stereocenters. The lowest BCUT2D eigenvalue weighted by Crippen LogP contribution is -2.22. The Balaban J connectivity index is 2.08. The lowest BCUT2D eigenvalue weighted by atomic mass is 10.1. The summed E-state index contributed by atoms with van der Waals surface area (Å²) in [6.45, 7) is 1.70. The van der Waals surface area contributed by atoms with Gasteiger partial charge in [-0.1, -0.05) is 64.1 Å². The fraction of sp³-hybridized carbons (Fsp3) is 0.0588. The van der Waals surface area contributed by atoms with Crippen LogP contribution in [0.2, 0.25) is 25.1 Å². The van der Waals surface area contributed by atoms with E-state index in [0.717, 1.165) is 5.01 Å². The largest absolute Gasteiger partial charge is 0.280 e. The Hall–Kier alpha value is -1.23.